The Labute approximate surface area is 134 Å². The molecule has 0 aliphatic carbocycles. The van der Waals surface area contributed by atoms with Gasteiger partial charge >= 0.3 is 5.97 Å². The monoisotopic (exact) mass is 323 g/mol. The number of rotatable bonds is 8. The van der Waals surface area contributed by atoms with Gasteiger partial charge in [0.25, 0.3) is 5.69 Å². The van der Waals surface area contributed by atoms with Gasteiger partial charge in [0.15, 0.2) is 0 Å². The summed E-state index contributed by atoms with van der Waals surface area (Å²) in [6.07, 6.45) is -0.441. The first-order valence-corrected chi connectivity index (χ1v) is 7.27. The third-order valence-corrected chi connectivity index (χ3v) is 2.95. The van der Waals surface area contributed by atoms with Gasteiger partial charge in [-0.3, -0.25) is 19.7 Å². The van der Waals surface area contributed by atoms with Crippen molar-refractivity contribution in [2.75, 3.05) is 6.54 Å². The van der Waals surface area contributed by atoms with E-state index in [-0.39, 0.29) is 42.6 Å². The number of amides is 1. The molecule has 1 rings (SSSR count). The number of para-hydroxylation sites is 1. The molecule has 0 bridgehead atoms. The molecule has 1 atom stereocenters. The van der Waals surface area contributed by atoms with Gasteiger partial charge in [0.05, 0.1) is 29.1 Å². The third-order valence-electron chi connectivity index (χ3n) is 2.95. The van der Waals surface area contributed by atoms with E-state index in [9.17, 15) is 19.7 Å². The van der Waals surface area contributed by atoms with E-state index in [2.05, 4.69) is 5.32 Å². The van der Waals surface area contributed by atoms with Crippen LogP contribution in [0.15, 0.2) is 24.3 Å². The van der Waals surface area contributed by atoms with Crippen LogP contribution in [0, 0.1) is 10.1 Å². The van der Waals surface area contributed by atoms with Crippen LogP contribution < -0.4 is 11.1 Å². The molecule has 0 spiro atoms. The average molecular weight is 323 g/mol. The second-order valence-corrected chi connectivity index (χ2v) is 5.22. The maximum atomic E-state index is 11.9. The molecule has 1 amide bonds. The number of nitrogens with zero attached hydrogens (tertiary/aromatic N) is 1. The van der Waals surface area contributed by atoms with Crippen molar-refractivity contribution in [1.82, 2.24) is 5.32 Å². The highest BCUT2D eigenvalue weighted by molar-refractivity contribution is 5.78. The van der Waals surface area contributed by atoms with Crippen molar-refractivity contribution in [3.05, 3.63) is 39.9 Å². The third kappa shape index (κ3) is 6.03. The zero-order valence-corrected chi connectivity index (χ0v) is 13.2. The first-order valence-electron chi connectivity index (χ1n) is 7.27. The van der Waals surface area contributed by atoms with Crippen LogP contribution in [-0.2, 0) is 14.3 Å². The molecule has 23 heavy (non-hydrogen) atoms. The molecule has 0 aliphatic rings. The molecule has 0 radical (unpaired) electrons. The minimum Gasteiger partial charge on any atom is -0.463 e. The van der Waals surface area contributed by atoms with Gasteiger partial charge in [-0.15, -0.1) is 0 Å². The normalized spacial score (nSPS) is 11.8. The lowest BCUT2D eigenvalue weighted by molar-refractivity contribution is -0.385. The predicted molar refractivity (Wildman–Crippen MR) is 83.5 cm³/mol. The molecular weight excluding hydrogens is 302 g/mol. The van der Waals surface area contributed by atoms with Gasteiger partial charge in [0.1, 0.15) is 0 Å². The number of esters is 1. The minimum atomic E-state index is -0.845. The van der Waals surface area contributed by atoms with E-state index >= 15 is 0 Å². The van der Waals surface area contributed by atoms with E-state index in [1.54, 1.807) is 19.9 Å². The maximum Gasteiger partial charge on any atom is 0.308 e. The molecule has 8 nitrogen and oxygen atoms in total. The molecular formula is C15H21N3O5. The topological polar surface area (TPSA) is 125 Å². The summed E-state index contributed by atoms with van der Waals surface area (Å²) in [5.41, 5.74) is 5.42. The van der Waals surface area contributed by atoms with Gasteiger partial charge in [-0.05, 0) is 13.8 Å². The summed E-state index contributed by atoms with van der Waals surface area (Å²) in [5.74, 6) is -0.927. The van der Waals surface area contributed by atoms with Crippen LogP contribution in [0.2, 0.25) is 0 Å². The Balaban J connectivity index is 3.06. The smallest absolute Gasteiger partial charge is 0.308 e. The summed E-state index contributed by atoms with van der Waals surface area (Å²) in [6, 6.07) is 5.12. The van der Waals surface area contributed by atoms with Gasteiger partial charge < -0.3 is 15.8 Å². The fourth-order valence-electron chi connectivity index (χ4n) is 2.06. The lowest BCUT2D eigenvalue weighted by Crippen LogP contribution is -2.32. The van der Waals surface area contributed by atoms with Crippen molar-refractivity contribution in [2.45, 2.75) is 38.8 Å². The molecule has 3 N–H and O–H groups in total. The second-order valence-electron chi connectivity index (χ2n) is 5.22. The van der Waals surface area contributed by atoms with Crippen molar-refractivity contribution >= 4 is 17.6 Å². The van der Waals surface area contributed by atoms with Crippen molar-refractivity contribution in [3.8, 4) is 0 Å². The summed E-state index contributed by atoms with van der Waals surface area (Å²) in [6.45, 7) is 3.54. The second kappa shape index (κ2) is 8.84. The number of carbonyl (C=O) groups excluding carboxylic acids is 2. The predicted octanol–water partition coefficient (Wildman–Crippen LogP) is 1.44. The van der Waals surface area contributed by atoms with Gasteiger partial charge in [0.2, 0.25) is 5.91 Å². The number of nitro groups is 1. The number of benzene rings is 1. The standard InChI is InChI=1S/C15H21N3O5/c1-10(2)23-15(20)9-12(17-14(19)7-8-16)11-5-3-4-6-13(11)18(21)22/h3-6,10,12H,7-9,16H2,1-2H3,(H,17,19). The van der Waals surface area contributed by atoms with Crippen LogP contribution >= 0.6 is 0 Å². The lowest BCUT2D eigenvalue weighted by Gasteiger charge is -2.19. The van der Waals surface area contributed by atoms with Crippen LogP contribution in [0.3, 0.4) is 0 Å². The van der Waals surface area contributed by atoms with Gasteiger partial charge in [-0.25, -0.2) is 0 Å². The van der Waals surface area contributed by atoms with Crippen molar-refractivity contribution in [1.29, 1.82) is 0 Å². The highest BCUT2D eigenvalue weighted by Crippen LogP contribution is 2.27. The van der Waals surface area contributed by atoms with Crippen molar-refractivity contribution in [2.24, 2.45) is 5.73 Å². The summed E-state index contributed by atoms with van der Waals surface area (Å²) >= 11 is 0. The number of nitrogens with two attached hydrogens (primary N) is 1. The number of nitro benzene ring substituents is 1. The molecule has 0 aliphatic heterocycles. The molecule has 0 saturated carbocycles. The Hall–Kier alpha value is -2.48. The van der Waals surface area contributed by atoms with E-state index < -0.39 is 16.9 Å². The van der Waals surface area contributed by atoms with Gasteiger partial charge in [0, 0.05) is 19.0 Å². The summed E-state index contributed by atoms with van der Waals surface area (Å²) in [4.78, 5) is 34.3. The summed E-state index contributed by atoms with van der Waals surface area (Å²) in [7, 11) is 0. The Kier molecular flexibility index (Phi) is 7.14. The number of ether oxygens (including phenoxy) is 1. The number of hydrogen-bond acceptors (Lipinski definition) is 6. The Morgan fingerprint density at radius 2 is 2.00 bits per heavy atom. The fraction of sp³-hybridized carbons (Fsp3) is 0.467. The molecule has 0 fully saturated rings. The molecule has 126 valence electrons. The fourth-order valence-corrected chi connectivity index (χ4v) is 2.06. The molecule has 0 heterocycles. The number of hydrogen-bond donors (Lipinski definition) is 2. The molecule has 1 unspecified atom stereocenters. The molecule has 1 aromatic carbocycles. The lowest BCUT2D eigenvalue weighted by atomic mass is 10.0. The highest BCUT2D eigenvalue weighted by Gasteiger charge is 2.26. The molecule has 0 aromatic heterocycles. The minimum absolute atomic E-state index is 0.0658. The summed E-state index contributed by atoms with van der Waals surface area (Å²) < 4.78 is 5.06. The Morgan fingerprint density at radius 3 is 2.57 bits per heavy atom. The zero-order valence-electron chi connectivity index (χ0n) is 13.2. The highest BCUT2D eigenvalue weighted by atomic mass is 16.6. The van der Waals surface area contributed by atoms with Crippen LogP contribution in [0.4, 0.5) is 5.69 Å². The maximum absolute atomic E-state index is 11.9. The average Bonchev–Trinajstić information content (AvgIpc) is 2.45. The Morgan fingerprint density at radius 1 is 1.35 bits per heavy atom. The van der Waals surface area contributed by atoms with E-state index in [0.29, 0.717) is 0 Å². The van der Waals surface area contributed by atoms with Crippen LogP contribution in [0.1, 0.15) is 38.3 Å². The van der Waals surface area contributed by atoms with E-state index in [4.69, 9.17) is 10.5 Å². The first kappa shape index (κ1) is 18.6. The largest absolute Gasteiger partial charge is 0.463 e. The number of nitrogens with one attached hydrogen (secondary N) is 1. The van der Waals surface area contributed by atoms with Gasteiger partial charge in [-0.2, -0.15) is 0 Å². The van der Waals surface area contributed by atoms with Crippen LogP contribution in [-0.4, -0.2) is 29.4 Å². The first-order chi connectivity index (χ1) is 10.8. The Bertz CT molecular complexity index is 574. The van der Waals surface area contributed by atoms with E-state index in [1.807, 2.05) is 0 Å². The summed E-state index contributed by atoms with van der Waals surface area (Å²) in [5, 5.41) is 13.8. The zero-order chi connectivity index (χ0) is 17.4. The van der Waals surface area contributed by atoms with E-state index in [0.717, 1.165) is 0 Å². The number of carbonyl (C=O) groups is 2. The van der Waals surface area contributed by atoms with Gasteiger partial charge in [-0.1, -0.05) is 18.2 Å². The van der Waals surface area contributed by atoms with Crippen molar-refractivity contribution < 1.29 is 19.2 Å². The molecule has 0 saturated heterocycles. The van der Waals surface area contributed by atoms with Crippen LogP contribution in [0.5, 0.6) is 0 Å². The SMILES string of the molecule is CC(C)OC(=O)CC(NC(=O)CCN)c1ccccc1[N+](=O)[O-]. The van der Waals surface area contributed by atoms with Crippen molar-refractivity contribution in [3.63, 3.8) is 0 Å². The molecule has 8 heteroatoms. The quantitative estimate of drug-likeness (QED) is 0.424. The van der Waals surface area contributed by atoms with Crippen LogP contribution in [0.25, 0.3) is 0 Å². The van der Waals surface area contributed by atoms with E-state index in [1.165, 1.54) is 18.2 Å². The molecule has 1 aromatic rings.